The molecular formula is C18H23F3N2O3. The van der Waals surface area contributed by atoms with Crippen molar-refractivity contribution in [3.63, 3.8) is 0 Å². The molecule has 1 atom stereocenters. The largest absolute Gasteiger partial charge is 0.466 e. The van der Waals surface area contributed by atoms with E-state index in [-0.39, 0.29) is 17.8 Å². The number of halogens is 3. The van der Waals surface area contributed by atoms with Gasteiger partial charge in [-0.25, -0.2) is 0 Å². The van der Waals surface area contributed by atoms with E-state index in [1.165, 1.54) is 12.1 Å². The first-order valence-corrected chi connectivity index (χ1v) is 8.61. The van der Waals surface area contributed by atoms with E-state index in [0.717, 1.165) is 12.1 Å². The molecular weight excluding hydrogens is 349 g/mol. The van der Waals surface area contributed by atoms with E-state index in [1.807, 2.05) is 4.90 Å². The van der Waals surface area contributed by atoms with Gasteiger partial charge in [0.2, 0.25) is 5.91 Å². The van der Waals surface area contributed by atoms with E-state index in [2.05, 4.69) is 5.32 Å². The van der Waals surface area contributed by atoms with Crippen molar-refractivity contribution in [1.29, 1.82) is 0 Å². The molecule has 1 aromatic rings. The van der Waals surface area contributed by atoms with Crippen LogP contribution in [0.1, 0.15) is 32.3 Å². The maximum Gasteiger partial charge on any atom is 0.416 e. The lowest BCUT2D eigenvalue weighted by Crippen LogP contribution is -2.47. The Kier molecular flexibility index (Phi) is 6.63. The molecule has 0 spiro atoms. The molecule has 1 heterocycles. The van der Waals surface area contributed by atoms with E-state index in [9.17, 15) is 22.8 Å². The molecule has 144 valence electrons. The zero-order valence-corrected chi connectivity index (χ0v) is 14.8. The molecule has 5 nitrogen and oxygen atoms in total. The highest BCUT2D eigenvalue weighted by atomic mass is 19.4. The standard InChI is InChI=1S/C18H23F3N2O3/c1-3-26-17(25)13-8-10-23(11-9-13)12(2)16(24)22-15-6-4-14(5-7-15)18(19,20)21/h4-7,12-13H,3,8-11H2,1-2H3,(H,22,24)/t12-/m1/s1. The fourth-order valence-corrected chi connectivity index (χ4v) is 2.94. The number of rotatable bonds is 5. The minimum absolute atomic E-state index is 0.142. The van der Waals surface area contributed by atoms with Crippen LogP contribution in [0, 0.1) is 5.92 Å². The van der Waals surface area contributed by atoms with E-state index in [1.54, 1.807) is 13.8 Å². The lowest BCUT2D eigenvalue weighted by atomic mass is 9.96. The molecule has 1 N–H and O–H groups in total. The van der Waals surface area contributed by atoms with Crippen LogP contribution in [0.25, 0.3) is 0 Å². The third-order valence-electron chi connectivity index (χ3n) is 4.56. The first-order chi connectivity index (χ1) is 12.2. The first kappa shape index (κ1) is 20.2. The van der Waals surface area contributed by atoms with Crippen LogP contribution >= 0.6 is 0 Å². The Hall–Kier alpha value is -2.09. The second-order valence-electron chi connectivity index (χ2n) is 6.30. The number of alkyl halides is 3. The number of nitrogens with zero attached hydrogens (tertiary/aromatic N) is 1. The number of ether oxygens (including phenoxy) is 1. The molecule has 0 unspecified atom stereocenters. The zero-order valence-electron chi connectivity index (χ0n) is 14.8. The number of likely N-dealkylation sites (tertiary alicyclic amines) is 1. The number of anilines is 1. The Bertz CT molecular complexity index is 624. The van der Waals surface area contributed by atoms with Gasteiger partial charge in [0.15, 0.2) is 0 Å². The second kappa shape index (κ2) is 8.53. The number of benzene rings is 1. The van der Waals surface area contributed by atoms with Gasteiger partial charge in [0.25, 0.3) is 0 Å². The van der Waals surface area contributed by atoms with Crippen LogP contribution in [0.4, 0.5) is 18.9 Å². The summed E-state index contributed by atoms with van der Waals surface area (Å²) in [6.45, 7) is 5.03. The van der Waals surface area contributed by atoms with Crippen molar-refractivity contribution in [1.82, 2.24) is 4.90 Å². The predicted octanol–water partition coefficient (Wildman–Crippen LogP) is 3.31. The van der Waals surface area contributed by atoms with Gasteiger partial charge in [-0.05, 0) is 64.0 Å². The number of nitrogens with one attached hydrogen (secondary N) is 1. The van der Waals surface area contributed by atoms with Gasteiger partial charge in [-0.15, -0.1) is 0 Å². The lowest BCUT2D eigenvalue weighted by Gasteiger charge is -2.34. The normalized spacial score (nSPS) is 17.6. The van der Waals surface area contributed by atoms with Gasteiger partial charge in [0.1, 0.15) is 0 Å². The van der Waals surface area contributed by atoms with Crippen molar-refractivity contribution in [2.24, 2.45) is 5.92 Å². The molecule has 26 heavy (non-hydrogen) atoms. The third-order valence-corrected chi connectivity index (χ3v) is 4.56. The van der Waals surface area contributed by atoms with Crippen molar-refractivity contribution in [2.45, 2.75) is 38.9 Å². The Balaban J connectivity index is 1.87. The van der Waals surface area contributed by atoms with Crippen LogP contribution in [0.3, 0.4) is 0 Å². The third kappa shape index (κ3) is 5.20. The van der Waals surface area contributed by atoms with E-state index in [0.29, 0.717) is 38.2 Å². The number of amides is 1. The Morgan fingerprint density at radius 1 is 1.23 bits per heavy atom. The Morgan fingerprint density at radius 2 is 1.81 bits per heavy atom. The van der Waals surface area contributed by atoms with Gasteiger partial charge in [0, 0.05) is 5.69 Å². The molecule has 1 saturated heterocycles. The van der Waals surface area contributed by atoms with Crippen LogP contribution in [0.15, 0.2) is 24.3 Å². The topological polar surface area (TPSA) is 58.6 Å². The summed E-state index contributed by atoms with van der Waals surface area (Å²) in [6, 6.07) is 3.90. The number of hydrogen-bond donors (Lipinski definition) is 1. The SMILES string of the molecule is CCOC(=O)C1CCN([C@H](C)C(=O)Nc2ccc(C(F)(F)F)cc2)CC1. The molecule has 1 aliphatic heterocycles. The monoisotopic (exact) mass is 372 g/mol. The van der Waals surface area contributed by atoms with Gasteiger partial charge < -0.3 is 10.1 Å². The highest BCUT2D eigenvalue weighted by Crippen LogP contribution is 2.30. The van der Waals surface area contributed by atoms with Crippen LogP contribution in [-0.4, -0.2) is 42.5 Å². The number of esters is 1. The van der Waals surface area contributed by atoms with Crippen LogP contribution in [0.5, 0.6) is 0 Å². The fraction of sp³-hybridized carbons (Fsp3) is 0.556. The summed E-state index contributed by atoms with van der Waals surface area (Å²) in [5, 5.41) is 2.63. The summed E-state index contributed by atoms with van der Waals surface area (Å²) >= 11 is 0. The summed E-state index contributed by atoms with van der Waals surface area (Å²) in [5.41, 5.74) is -0.444. The fourth-order valence-electron chi connectivity index (χ4n) is 2.94. The summed E-state index contributed by atoms with van der Waals surface area (Å²) in [5.74, 6) is -0.635. The van der Waals surface area contributed by atoms with Gasteiger partial charge in [-0.2, -0.15) is 13.2 Å². The first-order valence-electron chi connectivity index (χ1n) is 8.61. The Morgan fingerprint density at radius 3 is 2.31 bits per heavy atom. The second-order valence-corrected chi connectivity index (χ2v) is 6.30. The molecule has 0 bridgehead atoms. The van der Waals surface area contributed by atoms with Gasteiger partial charge in [-0.1, -0.05) is 0 Å². The minimum atomic E-state index is -4.40. The van der Waals surface area contributed by atoms with Gasteiger partial charge in [-0.3, -0.25) is 14.5 Å². The summed E-state index contributed by atoms with van der Waals surface area (Å²) in [6.07, 6.45) is -3.16. The van der Waals surface area contributed by atoms with Gasteiger partial charge >= 0.3 is 12.1 Å². The molecule has 1 aliphatic rings. The molecule has 8 heteroatoms. The maximum atomic E-state index is 12.6. The molecule has 1 amide bonds. The average molecular weight is 372 g/mol. The molecule has 0 aliphatic carbocycles. The zero-order chi connectivity index (χ0) is 19.3. The van der Waals surface area contributed by atoms with Gasteiger partial charge in [0.05, 0.1) is 24.1 Å². The molecule has 0 saturated carbocycles. The number of carbonyl (C=O) groups is 2. The van der Waals surface area contributed by atoms with E-state index < -0.39 is 17.8 Å². The predicted molar refractivity (Wildman–Crippen MR) is 90.5 cm³/mol. The summed E-state index contributed by atoms with van der Waals surface area (Å²) < 4.78 is 42.7. The van der Waals surface area contributed by atoms with Crippen LogP contribution in [0.2, 0.25) is 0 Å². The summed E-state index contributed by atoms with van der Waals surface area (Å²) in [4.78, 5) is 26.0. The Labute approximate surface area is 150 Å². The minimum Gasteiger partial charge on any atom is -0.466 e. The maximum absolute atomic E-state index is 12.6. The lowest BCUT2D eigenvalue weighted by molar-refractivity contribution is -0.149. The highest BCUT2D eigenvalue weighted by molar-refractivity contribution is 5.94. The summed E-state index contributed by atoms with van der Waals surface area (Å²) in [7, 11) is 0. The molecule has 2 rings (SSSR count). The van der Waals surface area contributed by atoms with E-state index in [4.69, 9.17) is 4.74 Å². The van der Waals surface area contributed by atoms with Crippen LogP contribution < -0.4 is 5.32 Å². The average Bonchev–Trinajstić information content (AvgIpc) is 2.61. The van der Waals surface area contributed by atoms with Crippen molar-refractivity contribution in [2.75, 3.05) is 25.0 Å². The highest BCUT2D eigenvalue weighted by Gasteiger charge is 2.31. The molecule has 0 aromatic heterocycles. The van der Waals surface area contributed by atoms with Crippen molar-refractivity contribution in [3.8, 4) is 0 Å². The number of hydrogen-bond acceptors (Lipinski definition) is 4. The van der Waals surface area contributed by atoms with E-state index >= 15 is 0 Å². The number of piperidine rings is 1. The molecule has 1 fully saturated rings. The smallest absolute Gasteiger partial charge is 0.416 e. The van der Waals surface area contributed by atoms with Crippen molar-refractivity contribution < 1.29 is 27.5 Å². The molecule has 0 radical (unpaired) electrons. The van der Waals surface area contributed by atoms with Crippen molar-refractivity contribution >= 4 is 17.6 Å². The van der Waals surface area contributed by atoms with Crippen molar-refractivity contribution in [3.05, 3.63) is 29.8 Å². The van der Waals surface area contributed by atoms with Crippen LogP contribution in [-0.2, 0) is 20.5 Å². The quantitative estimate of drug-likeness (QED) is 0.806. The molecule has 1 aromatic carbocycles. The number of carbonyl (C=O) groups excluding carboxylic acids is 2.